The lowest BCUT2D eigenvalue weighted by molar-refractivity contribution is -0.120. The van der Waals surface area contributed by atoms with Gasteiger partial charge >= 0.3 is 6.09 Å². The van der Waals surface area contributed by atoms with Crippen LogP contribution in [0, 0.1) is 0 Å². The van der Waals surface area contributed by atoms with E-state index in [0.717, 1.165) is 5.56 Å². The van der Waals surface area contributed by atoms with Gasteiger partial charge in [-0.25, -0.2) is 4.79 Å². The first-order valence-corrected chi connectivity index (χ1v) is 7.14. The Bertz CT molecular complexity index is 731. The first-order valence-electron chi connectivity index (χ1n) is 7.14. The van der Waals surface area contributed by atoms with E-state index in [0.29, 0.717) is 17.1 Å². The van der Waals surface area contributed by atoms with E-state index in [-0.39, 0.29) is 19.1 Å². The molecule has 0 radical (unpaired) electrons. The largest absolute Gasteiger partial charge is 0.482 e. The van der Waals surface area contributed by atoms with Gasteiger partial charge in [0, 0.05) is 12.7 Å². The molecular weight excluding hydrogens is 296 g/mol. The van der Waals surface area contributed by atoms with Crippen LogP contribution in [0.4, 0.5) is 16.2 Å². The van der Waals surface area contributed by atoms with Crippen LogP contribution in [0.25, 0.3) is 0 Å². The molecule has 0 atom stereocenters. The molecule has 6 nitrogen and oxygen atoms in total. The zero-order valence-electron chi connectivity index (χ0n) is 12.6. The third-order valence-electron chi connectivity index (χ3n) is 3.50. The SMILES string of the molecule is CN1C(=O)COc2ccc(NC(=O)OCc3ccccc3)cc21. The first kappa shape index (κ1) is 14.9. The number of carbonyl (C=O) groups is 2. The summed E-state index contributed by atoms with van der Waals surface area (Å²) in [6, 6.07) is 14.5. The second-order valence-electron chi connectivity index (χ2n) is 5.11. The van der Waals surface area contributed by atoms with Gasteiger partial charge in [0.05, 0.1) is 5.69 Å². The van der Waals surface area contributed by atoms with Crippen LogP contribution in [0.2, 0.25) is 0 Å². The molecule has 23 heavy (non-hydrogen) atoms. The molecule has 2 aromatic rings. The molecule has 2 amide bonds. The Hall–Kier alpha value is -3.02. The van der Waals surface area contributed by atoms with Crippen molar-refractivity contribution in [2.75, 3.05) is 23.9 Å². The van der Waals surface area contributed by atoms with E-state index in [2.05, 4.69) is 5.32 Å². The van der Waals surface area contributed by atoms with Gasteiger partial charge in [-0.15, -0.1) is 0 Å². The molecule has 2 aromatic carbocycles. The number of hydrogen-bond donors (Lipinski definition) is 1. The van der Waals surface area contributed by atoms with Gasteiger partial charge in [-0.3, -0.25) is 10.1 Å². The lowest BCUT2D eigenvalue weighted by atomic mass is 10.2. The fraction of sp³-hybridized carbons (Fsp3) is 0.176. The van der Waals surface area contributed by atoms with Crippen molar-refractivity contribution in [2.24, 2.45) is 0 Å². The highest BCUT2D eigenvalue weighted by molar-refractivity contribution is 5.98. The molecule has 0 spiro atoms. The summed E-state index contributed by atoms with van der Waals surface area (Å²) in [6.07, 6.45) is -0.556. The summed E-state index contributed by atoms with van der Waals surface area (Å²) in [5.74, 6) is 0.469. The second kappa shape index (κ2) is 6.39. The van der Waals surface area contributed by atoms with Gasteiger partial charge in [0.1, 0.15) is 12.4 Å². The number of benzene rings is 2. The summed E-state index contributed by atoms with van der Waals surface area (Å²) in [7, 11) is 1.67. The van der Waals surface area contributed by atoms with E-state index in [1.165, 1.54) is 4.90 Å². The van der Waals surface area contributed by atoms with Crippen LogP contribution in [0.5, 0.6) is 5.75 Å². The van der Waals surface area contributed by atoms with E-state index >= 15 is 0 Å². The van der Waals surface area contributed by atoms with Gasteiger partial charge in [0.2, 0.25) is 0 Å². The Labute approximate surface area is 133 Å². The van der Waals surface area contributed by atoms with Gasteiger partial charge in [-0.05, 0) is 23.8 Å². The maximum Gasteiger partial charge on any atom is 0.411 e. The van der Waals surface area contributed by atoms with Gasteiger partial charge in [-0.1, -0.05) is 30.3 Å². The van der Waals surface area contributed by atoms with Crippen molar-refractivity contribution in [2.45, 2.75) is 6.61 Å². The Balaban J connectivity index is 1.64. The third-order valence-corrected chi connectivity index (χ3v) is 3.50. The first-order chi connectivity index (χ1) is 11.1. The second-order valence-corrected chi connectivity index (χ2v) is 5.11. The smallest absolute Gasteiger partial charge is 0.411 e. The van der Waals surface area contributed by atoms with E-state index < -0.39 is 6.09 Å². The zero-order valence-corrected chi connectivity index (χ0v) is 12.6. The number of ether oxygens (including phenoxy) is 2. The Morgan fingerprint density at radius 1 is 1.26 bits per heavy atom. The number of nitrogens with zero attached hydrogens (tertiary/aromatic N) is 1. The molecule has 0 bridgehead atoms. The molecule has 0 saturated carbocycles. The number of rotatable bonds is 3. The van der Waals surface area contributed by atoms with Crippen molar-refractivity contribution in [3.05, 3.63) is 54.1 Å². The maximum absolute atomic E-state index is 11.9. The highest BCUT2D eigenvalue weighted by Gasteiger charge is 2.22. The fourth-order valence-electron chi connectivity index (χ4n) is 2.23. The van der Waals surface area contributed by atoms with Crippen LogP contribution < -0.4 is 15.0 Å². The number of nitrogens with one attached hydrogen (secondary N) is 1. The molecule has 0 aliphatic carbocycles. The molecule has 1 aliphatic rings. The monoisotopic (exact) mass is 312 g/mol. The summed E-state index contributed by atoms with van der Waals surface area (Å²) in [4.78, 5) is 25.0. The minimum Gasteiger partial charge on any atom is -0.482 e. The molecule has 0 unspecified atom stereocenters. The van der Waals surface area contributed by atoms with Crippen LogP contribution in [0.3, 0.4) is 0 Å². The van der Waals surface area contributed by atoms with Gasteiger partial charge in [-0.2, -0.15) is 0 Å². The molecule has 6 heteroatoms. The van der Waals surface area contributed by atoms with Crippen molar-refractivity contribution < 1.29 is 19.1 Å². The maximum atomic E-state index is 11.9. The average molecular weight is 312 g/mol. The summed E-state index contributed by atoms with van der Waals surface area (Å²) in [5, 5.41) is 2.64. The van der Waals surface area contributed by atoms with E-state index in [1.54, 1.807) is 25.2 Å². The minimum atomic E-state index is -0.556. The van der Waals surface area contributed by atoms with Gasteiger partial charge in [0.25, 0.3) is 5.91 Å². The summed E-state index contributed by atoms with van der Waals surface area (Å²) in [5.41, 5.74) is 2.06. The number of likely N-dealkylation sites (N-methyl/N-ethyl adjacent to an activating group) is 1. The average Bonchev–Trinajstić information content (AvgIpc) is 2.58. The van der Waals surface area contributed by atoms with E-state index in [4.69, 9.17) is 9.47 Å². The van der Waals surface area contributed by atoms with Gasteiger partial charge in [0.15, 0.2) is 6.61 Å². The lowest BCUT2D eigenvalue weighted by Crippen LogP contribution is -2.35. The molecule has 1 aliphatic heterocycles. The molecule has 1 heterocycles. The van der Waals surface area contributed by atoms with Crippen LogP contribution in [-0.4, -0.2) is 25.7 Å². The molecule has 0 fully saturated rings. The van der Waals surface area contributed by atoms with Crippen molar-refractivity contribution in [1.82, 2.24) is 0 Å². The molecule has 0 saturated heterocycles. The van der Waals surface area contributed by atoms with Gasteiger partial charge < -0.3 is 14.4 Å². The Morgan fingerprint density at radius 3 is 2.83 bits per heavy atom. The van der Waals surface area contributed by atoms with Crippen molar-refractivity contribution in [3.63, 3.8) is 0 Å². The van der Waals surface area contributed by atoms with E-state index in [9.17, 15) is 9.59 Å². The number of amides is 2. The molecular formula is C17H16N2O4. The van der Waals surface area contributed by atoms with Crippen LogP contribution in [0.1, 0.15) is 5.56 Å². The quantitative estimate of drug-likeness (QED) is 0.946. The number of carbonyl (C=O) groups excluding carboxylic acids is 2. The highest BCUT2D eigenvalue weighted by atomic mass is 16.5. The zero-order chi connectivity index (χ0) is 16.2. The molecule has 3 rings (SSSR count). The van der Waals surface area contributed by atoms with E-state index in [1.807, 2.05) is 30.3 Å². The Kier molecular flexibility index (Phi) is 4.14. The lowest BCUT2D eigenvalue weighted by Gasteiger charge is -2.26. The number of anilines is 2. The van der Waals surface area contributed by atoms with Crippen molar-refractivity contribution in [3.8, 4) is 5.75 Å². The van der Waals surface area contributed by atoms with Crippen LogP contribution in [0.15, 0.2) is 48.5 Å². The third kappa shape index (κ3) is 3.42. The molecule has 1 N–H and O–H groups in total. The van der Waals surface area contributed by atoms with Crippen molar-refractivity contribution >= 4 is 23.4 Å². The fourth-order valence-corrected chi connectivity index (χ4v) is 2.23. The normalized spacial score (nSPS) is 13.1. The predicted molar refractivity (Wildman–Crippen MR) is 85.6 cm³/mol. The van der Waals surface area contributed by atoms with Crippen LogP contribution in [-0.2, 0) is 16.1 Å². The topological polar surface area (TPSA) is 67.9 Å². The molecule has 118 valence electrons. The number of hydrogen-bond acceptors (Lipinski definition) is 4. The summed E-state index contributed by atoms with van der Waals surface area (Å²) >= 11 is 0. The minimum absolute atomic E-state index is 0.0232. The Morgan fingerprint density at radius 2 is 2.04 bits per heavy atom. The standard InChI is InChI=1S/C17H16N2O4/c1-19-14-9-13(7-8-15(14)22-11-16(19)20)18-17(21)23-10-12-5-3-2-4-6-12/h2-9H,10-11H2,1H3,(H,18,21). The van der Waals surface area contributed by atoms with Crippen molar-refractivity contribution in [1.29, 1.82) is 0 Å². The highest BCUT2D eigenvalue weighted by Crippen LogP contribution is 2.33. The molecule has 0 aromatic heterocycles. The summed E-state index contributed by atoms with van der Waals surface area (Å²) < 4.78 is 10.5. The summed E-state index contributed by atoms with van der Waals surface area (Å²) in [6.45, 7) is 0.217. The number of fused-ring (bicyclic) bond motifs is 1. The predicted octanol–water partition coefficient (Wildman–Crippen LogP) is 2.79. The van der Waals surface area contributed by atoms with Crippen LogP contribution >= 0.6 is 0 Å².